The van der Waals surface area contributed by atoms with E-state index in [1.54, 1.807) is 18.5 Å². The van der Waals surface area contributed by atoms with Crippen molar-refractivity contribution in [2.24, 2.45) is 11.8 Å². The van der Waals surface area contributed by atoms with Crippen molar-refractivity contribution in [1.29, 1.82) is 0 Å². The molecule has 3 aliphatic rings. The monoisotopic (exact) mass is 531 g/mol. The van der Waals surface area contributed by atoms with E-state index in [9.17, 15) is 24.0 Å². The Balaban J connectivity index is 0.000000436. The van der Waals surface area contributed by atoms with Crippen LogP contribution in [-0.2, 0) is 28.7 Å². The van der Waals surface area contributed by atoms with Crippen LogP contribution in [0, 0.1) is 11.8 Å². The number of aromatic nitrogens is 2. The summed E-state index contributed by atoms with van der Waals surface area (Å²) in [5.74, 6) is -2.74. The minimum absolute atomic E-state index is 0.0899. The van der Waals surface area contributed by atoms with E-state index in [1.165, 1.54) is 11.8 Å². The lowest BCUT2D eigenvalue weighted by atomic mass is 9.81. The number of amides is 2. The molecule has 13 heteroatoms. The van der Waals surface area contributed by atoms with Crippen LogP contribution in [0.2, 0.25) is 0 Å². The van der Waals surface area contributed by atoms with Gasteiger partial charge in [0.25, 0.3) is 0 Å². The predicted molar refractivity (Wildman–Crippen MR) is 133 cm³/mol. The third-order valence-corrected chi connectivity index (χ3v) is 6.69. The van der Waals surface area contributed by atoms with Gasteiger partial charge >= 0.3 is 17.9 Å². The predicted octanol–water partition coefficient (Wildman–Crippen LogP) is 0.417. The molecule has 0 aromatic carbocycles. The number of anilines is 1. The molecule has 2 N–H and O–H groups in total. The number of imide groups is 1. The number of ether oxygens (including phenoxy) is 1. The molecule has 206 valence electrons. The van der Waals surface area contributed by atoms with Gasteiger partial charge in [-0.2, -0.15) is 0 Å². The zero-order chi connectivity index (χ0) is 27.7. The van der Waals surface area contributed by atoms with Gasteiger partial charge in [0.15, 0.2) is 0 Å². The van der Waals surface area contributed by atoms with Gasteiger partial charge < -0.3 is 19.8 Å². The Morgan fingerprint density at radius 1 is 0.947 bits per heavy atom. The molecule has 1 aromatic heterocycles. The summed E-state index contributed by atoms with van der Waals surface area (Å²) in [5.41, 5.74) is 0. The van der Waals surface area contributed by atoms with Crippen LogP contribution in [-0.4, -0.2) is 105 Å². The molecule has 1 aromatic rings. The molecule has 3 heterocycles. The van der Waals surface area contributed by atoms with Crippen LogP contribution in [0.4, 0.5) is 5.95 Å². The SMILES string of the molecule is CC(=O)OC(CN1CCN(c2ncccn2)CC1)CN1C(=O)[C@H]2CCCC[C@H]2C1=O.O=C(O)/C=C\C(=O)O. The molecule has 3 fully saturated rings. The molecule has 0 bridgehead atoms. The molecule has 0 radical (unpaired) electrons. The Morgan fingerprint density at radius 2 is 1.47 bits per heavy atom. The first kappa shape index (κ1) is 28.7. The highest BCUT2D eigenvalue weighted by molar-refractivity contribution is 6.05. The van der Waals surface area contributed by atoms with E-state index in [4.69, 9.17) is 14.9 Å². The number of carbonyl (C=O) groups excluding carboxylic acids is 3. The van der Waals surface area contributed by atoms with E-state index in [-0.39, 0.29) is 30.2 Å². The number of piperazine rings is 1. The summed E-state index contributed by atoms with van der Waals surface area (Å²) in [4.78, 5) is 70.6. The van der Waals surface area contributed by atoms with Crippen molar-refractivity contribution >= 4 is 35.7 Å². The second-order valence-electron chi connectivity index (χ2n) is 9.36. The number of rotatable bonds is 8. The second kappa shape index (κ2) is 13.6. The van der Waals surface area contributed by atoms with Crippen LogP contribution in [0.5, 0.6) is 0 Å². The van der Waals surface area contributed by atoms with Crippen molar-refractivity contribution in [1.82, 2.24) is 19.8 Å². The number of aliphatic carboxylic acids is 2. The molecule has 13 nitrogen and oxygen atoms in total. The summed E-state index contributed by atoms with van der Waals surface area (Å²) in [7, 11) is 0. The average Bonchev–Trinajstić information content (AvgIpc) is 3.13. The number of carboxylic acids is 2. The lowest BCUT2D eigenvalue weighted by molar-refractivity contribution is -0.153. The fraction of sp³-hybridized carbons (Fsp3) is 0.560. The first-order chi connectivity index (χ1) is 18.2. The third kappa shape index (κ3) is 8.07. The van der Waals surface area contributed by atoms with Crippen molar-refractivity contribution in [3.8, 4) is 0 Å². The normalized spacial score (nSPS) is 22.4. The van der Waals surface area contributed by atoms with Gasteiger partial charge in [0.05, 0.1) is 18.4 Å². The minimum Gasteiger partial charge on any atom is -0.478 e. The standard InChI is InChI=1S/C21H29N5O4.C4H4O4/c1-15(27)30-16(14-26-19(28)17-5-2-3-6-18(17)20(26)29)13-24-9-11-25(12-10-24)21-22-7-4-8-23-21;5-3(6)1-2-4(7)8/h4,7-8,16-18H,2-3,5-6,9-14H2,1H3;1-2H,(H,5,6)(H,7,8)/b;2-1-/t16?,17-,18+;. The highest BCUT2D eigenvalue weighted by Crippen LogP contribution is 2.38. The second-order valence-corrected chi connectivity index (χ2v) is 9.36. The molecule has 3 atom stereocenters. The molecular weight excluding hydrogens is 498 g/mol. The van der Waals surface area contributed by atoms with Gasteiger partial charge in [-0.1, -0.05) is 12.8 Å². The summed E-state index contributed by atoms with van der Waals surface area (Å²) >= 11 is 0. The number of esters is 1. The fourth-order valence-electron chi connectivity index (χ4n) is 5.00. The van der Waals surface area contributed by atoms with Gasteiger partial charge in [-0.3, -0.25) is 24.2 Å². The van der Waals surface area contributed by atoms with Crippen molar-refractivity contribution in [2.45, 2.75) is 38.7 Å². The summed E-state index contributed by atoms with van der Waals surface area (Å²) < 4.78 is 5.51. The number of carbonyl (C=O) groups is 5. The zero-order valence-corrected chi connectivity index (χ0v) is 21.3. The molecule has 1 aliphatic carbocycles. The number of hydrogen-bond donors (Lipinski definition) is 2. The molecule has 1 saturated carbocycles. The number of fused-ring (bicyclic) bond motifs is 1. The Hall–Kier alpha value is -3.87. The number of carboxylic acid groups (broad SMARTS) is 2. The molecular formula is C25H33N5O8. The fourth-order valence-corrected chi connectivity index (χ4v) is 5.00. The van der Waals surface area contributed by atoms with Crippen molar-refractivity contribution < 1.29 is 38.9 Å². The van der Waals surface area contributed by atoms with Gasteiger partial charge in [0.2, 0.25) is 17.8 Å². The minimum atomic E-state index is -1.26. The first-order valence-electron chi connectivity index (χ1n) is 12.6. The van der Waals surface area contributed by atoms with Crippen molar-refractivity contribution in [3.63, 3.8) is 0 Å². The third-order valence-electron chi connectivity index (χ3n) is 6.69. The molecule has 4 rings (SSSR count). The van der Waals surface area contributed by atoms with Gasteiger partial charge in [0.1, 0.15) is 6.10 Å². The van der Waals surface area contributed by atoms with E-state index in [2.05, 4.69) is 19.8 Å². The maximum Gasteiger partial charge on any atom is 0.328 e. The Bertz CT molecular complexity index is 1000. The van der Waals surface area contributed by atoms with Crippen LogP contribution in [0.15, 0.2) is 30.6 Å². The quantitative estimate of drug-likeness (QED) is 0.269. The molecule has 38 heavy (non-hydrogen) atoms. The van der Waals surface area contributed by atoms with Crippen LogP contribution < -0.4 is 4.90 Å². The molecule has 1 unspecified atom stereocenters. The zero-order valence-electron chi connectivity index (χ0n) is 21.3. The Labute approximate surface area is 220 Å². The highest BCUT2D eigenvalue weighted by atomic mass is 16.5. The van der Waals surface area contributed by atoms with E-state index >= 15 is 0 Å². The van der Waals surface area contributed by atoms with E-state index < -0.39 is 24.0 Å². The molecule has 2 amide bonds. The smallest absolute Gasteiger partial charge is 0.328 e. The first-order valence-corrected chi connectivity index (χ1v) is 12.6. The molecule has 0 spiro atoms. The molecule has 2 saturated heterocycles. The number of hydrogen-bond acceptors (Lipinski definition) is 10. The summed E-state index contributed by atoms with van der Waals surface area (Å²) in [5, 5.41) is 15.6. The summed E-state index contributed by atoms with van der Waals surface area (Å²) in [6.45, 7) is 5.07. The van der Waals surface area contributed by atoms with Crippen LogP contribution in [0.3, 0.4) is 0 Å². The highest BCUT2D eigenvalue weighted by Gasteiger charge is 2.48. The summed E-state index contributed by atoms with van der Waals surface area (Å²) in [6.07, 6.45) is 7.62. The topological polar surface area (TPSA) is 171 Å². The van der Waals surface area contributed by atoms with Gasteiger partial charge in [-0.05, 0) is 18.9 Å². The lowest BCUT2D eigenvalue weighted by Crippen LogP contribution is -2.51. The van der Waals surface area contributed by atoms with Gasteiger partial charge in [0, 0.05) is 64.2 Å². The number of nitrogens with zero attached hydrogens (tertiary/aromatic N) is 5. The number of likely N-dealkylation sites (tertiary alicyclic amines) is 1. The average molecular weight is 532 g/mol. The Kier molecular flexibility index (Phi) is 10.3. The lowest BCUT2D eigenvalue weighted by Gasteiger charge is -2.36. The van der Waals surface area contributed by atoms with Crippen LogP contribution in [0.1, 0.15) is 32.6 Å². The van der Waals surface area contributed by atoms with Crippen molar-refractivity contribution in [3.05, 3.63) is 30.6 Å². The maximum atomic E-state index is 12.8. The maximum absolute atomic E-state index is 12.8. The van der Waals surface area contributed by atoms with E-state index in [0.29, 0.717) is 24.6 Å². The van der Waals surface area contributed by atoms with Crippen molar-refractivity contribution in [2.75, 3.05) is 44.2 Å². The molecule has 2 aliphatic heterocycles. The van der Waals surface area contributed by atoms with Gasteiger partial charge in [-0.15, -0.1) is 0 Å². The Morgan fingerprint density at radius 3 is 1.95 bits per heavy atom. The van der Waals surface area contributed by atoms with Crippen LogP contribution >= 0.6 is 0 Å². The van der Waals surface area contributed by atoms with E-state index in [1.807, 2.05) is 0 Å². The van der Waals surface area contributed by atoms with E-state index in [0.717, 1.165) is 51.9 Å². The largest absolute Gasteiger partial charge is 0.478 e. The van der Waals surface area contributed by atoms with Crippen LogP contribution in [0.25, 0.3) is 0 Å². The summed E-state index contributed by atoms with van der Waals surface area (Å²) in [6, 6.07) is 1.79. The van der Waals surface area contributed by atoms with Gasteiger partial charge in [-0.25, -0.2) is 19.6 Å².